The highest BCUT2D eigenvalue weighted by Crippen LogP contribution is 2.17. The van der Waals surface area contributed by atoms with Crippen LogP contribution in [0.1, 0.15) is 25.3 Å². The van der Waals surface area contributed by atoms with Crippen LogP contribution in [0.4, 0.5) is 4.79 Å². The number of quaternary nitrogens is 1. The number of amides is 2. The fraction of sp³-hybridized carbons (Fsp3) is 0.500. The van der Waals surface area contributed by atoms with Gasteiger partial charge >= 0.3 is 6.09 Å². The predicted octanol–water partition coefficient (Wildman–Crippen LogP) is 0.514. The Morgan fingerprint density at radius 3 is 2.41 bits per heavy atom. The largest absolute Gasteiger partial charge is 0.497 e. The van der Waals surface area contributed by atoms with Crippen LogP contribution >= 0.6 is 0 Å². The van der Waals surface area contributed by atoms with E-state index in [9.17, 15) is 9.59 Å². The van der Waals surface area contributed by atoms with E-state index in [0.29, 0.717) is 6.04 Å². The van der Waals surface area contributed by atoms with Gasteiger partial charge in [-0.2, -0.15) is 0 Å². The van der Waals surface area contributed by atoms with E-state index in [2.05, 4.69) is 10.1 Å². The first kappa shape index (κ1) is 16.3. The SMILES string of the molecule is COC(=O)NC(=O)[C@H](C)[NH+](Cc1ccc(OC)cc1)C1CC1. The summed E-state index contributed by atoms with van der Waals surface area (Å²) in [7, 11) is 2.88. The van der Waals surface area contributed by atoms with Crippen molar-refractivity contribution in [2.24, 2.45) is 0 Å². The molecule has 0 aromatic heterocycles. The molecule has 0 bridgehead atoms. The summed E-state index contributed by atoms with van der Waals surface area (Å²) in [5, 5.41) is 2.26. The quantitative estimate of drug-likeness (QED) is 0.804. The number of alkyl carbamates (subject to hydrolysis) is 1. The second kappa shape index (κ2) is 7.26. The van der Waals surface area contributed by atoms with Crippen molar-refractivity contribution in [3.63, 3.8) is 0 Å². The molecule has 2 rings (SSSR count). The lowest BCUT2D eigenvalue weighted by molar-refractivity contribution is -0.938. The summed E-state index contributed by atoms with van der Waals surface area (Å²) >= 11 is 0. The van der Waals surface area contributed by atoms with E-state index in [4.69, 9.17) is 4.74 Å². The van der Waals surface area contributed by atoms with Crippen LogP contribution in [-0.2, 0) is 16.1 Å². The molecule has 1 aromatic carbocycles. The van der Waals surface area contributed by atoms with Crippen LogP contribution in [0.2, 0.25) is 0 Å². The molecular weight excluding hydrogens is 284 g/mol. The summed E-state index contributed by atoms with van der Waals surface area (Å²) in [6.45, 7) is 2.58. The summed E-state index contributed by atoms with van der Waals surface area (Å²) in [4.78, 5) is 24.5. The number of imide groups is 1. The van der Waals surface area contributed by atoms with Crippen LogP contribution in [0.3, 0.4) is 0 Å². The zero-order chi connectivity index (χ0) is 16.1. The minimum Gasteiger partial charge on any atom is -0.497 e. The Morgan fingerprint density at radius 2 is 1.91 bits per heavy atom. The fourth-order valence-corrected chi connectivity index (χ4v) is 2.51. The molecule has 0 heterocycles. The molecule has 2 N–H and O–H groups in total. The first-order chi connectivity index (χ1) is 10.5. The van der Waals surface area contributed by atoms with E-state index >= 15 is 0 Å². The molecule has 6 nitrogen and oxygen atoms in total. The van der Waals surface area contributed by atoms with Crippen LogP contribution in [0.25, 0.3) is 0 Å². The molecule has 1 aromatic rings. The Hall–Kier alpha value is -2.08. The van der Waals surface area contributed by atoms with Crippen LogP contribution in [0.5, 0.6) is 5.75 Å². The van der Waals surface area contributed by atoms with E-state index < -0.39 is 6.09 Å². The standard InChI is InChI=1S/C16H22N2O4/c1-11(15(19)17-16(20)22-3)18(13-6-7-13)10-12-4-8-14(21-2)9-5-12/h4-5,8-9,11,13H,6-7,10H2,1-3H3,(H,17,19,20)/p+1/t11-/m0/s1. The van der Waals surface area contributed by atoms with Gasteiger partial charge in [-0.25, -0.2) is 4.79 Å². The van der Waals surface area contributed by atoms with Crippen LogP contribution < -0.4 is 15.0 Å². The maximum absolute atomic E-state index is 12.1. The van der Waals surface area contributed by atoms with Gasteiger partial charge in [0.25, 0.3) is 5.91 Å². The minimum atomic E-state index is -0.712. The van der Waals surface area contributed by atoms with E-state index in [-0.39, 0.29) is 11.9 Å². The molecule has 6 heteroatoms. The number of rotatable bonds is 6. The second-order valence-corrected chi connectivity index (χ2v) is 5.58. The van der Waals surface area contributed by atoms with E-state index in [1.165, 1.54) is 12.0 Å². The number of methoxy groups -OCH3 is 2. The van der Waals surface area contributed by atoms with Gasteiger partial charge in [0, 0.05) is 18.4 Å². The molecule has 0 saturated heterocycles. The van der Waals surface area contributed by atoms with Crippen molar-refractivity contribution in [2.45, 2.75) is 38.4 Å². The van der Waals surface area contributed by atoms with Crippen molar-refractivity contribution in [3.05, 3.63) is 29.8 Å². The number of nitrogens with one attached hydrogen (secondary N) is 2. The van der Waals surface area contributed by atoms with Gasteiger partial charge in [-0.3, -0.25) is 10.1 Å². The maximum Gasteiger partial charge on any atom is 0.413 e. The van der Waals surface area contributed by atoms with Crippen LogP contribution in [0.15, 0.2) is 24.3 Å². The van der Waals surface area contributed by atoms with Crippen molar-refractivity contribution in [1.82, 2.24) is 5.32 Å². The lowest BCUT2D eigenvalue weighted by Crippen LogP contribution is -3.16. The fourth-order valence-electron chi connectivity index (χ4n) is 2.51. The van der Waals surface area contributed by atoms with Crippen LogP contribution in [-0.4, -0.2) is 38.3 Å². The maximum atomic E-state index is 12.1. The van der Waals surface area contributed by atoms with Crippen molar-refractivity contribution in [3.8, 4) is 5.75 Å². The molecular formula is C16H23N2O4+. The minimum absolute atomic E-state index is 0.303. The molecule has 1 fully saturated rings. The molecule has 0 aliphatic heterocycles. The lowest BCUT2D eigenvalue weighted by atomic mass is 10.1. The van der Waals surface area contributed by atoms with Gasteiger partial charge in [0.1, 0.15) is 12.3 Å². The Kier molecular flexibility index (Phi) is 5.38. The molecule has 1 aliphatic rings. The Balaban J connectivity index is 2.02. The summed E-state index contributed by atoms with van der Waals surface area (Å²) in [5.41, 5.74) is 1.14. The number of carbonyl (C=O) groups excluding carboxylic acids is 2. The molecule has 0 spiro atoms. The Labute approximate surface area is 130 Å². The van der Waals surface area contributed by atoms with Crippen molar-refractivity contribution < 1.29 is 24.0 Å². The summed E-state index contributed by atoms with van der Waals surface area (Å²) in [6.07, 6.45) is 1.51. The Morgan fingerprint density at radius 1 is 1.27 bits per heavy atom. The smallest absolute Gasteiger partial charge is 0.413 e. The first-order valence-corrected chi connectivity index (χ1v) is 7.42. The van der Waals surface area contributed by atoms with Gasteiger partial charge in [-0.1, -0.05) is 0 Å². The molecule has 0 radical (unpaired) electrons. The number of benzene rings is 1. The monoisotopic (exact) mass is 307 g/mol. The molecule has 1 aliphatic carbocycles. The van der Waals surface area contributed by atoms with Gasteiger partial charge in [0.2, 0.25) is 0 Å². The van der Waals surface area contributed by atoms with E-state index in [1.807, 2.05) is 31.2 Å². The molecule has 22 heavy (non-hydrogen) atoms. The molecule has 2 atom stereocenters. The molecule has 2 amide bonds. The van der Waals surface area contributed by atoms with Gasteiger partial charge in [-0.15, -0.1) is 0 Å². The topological polar surface area (TPSA) is 69.1 Å². The number of hydrogen-bond donors (Lipinski definition) is 2. The number of ether oxygens (including phenoxy) is 2. The van der Waals surface area contributed by atoms with Crippen LogP contribution in [0, 0.1) is 0 Å². The second-order valence-electron chi connectivity index (χ2n) is 5.58. The van der Waals surface area contributed by atoms with Crippen molar-refractivity contribution in [1.29, 1.82) is 0 Å². The van der Waals surface area contributed by atoms with Gasteiger partial charge in [0.05, 0.1) is 20.3 Å². The molecule has 120 valence electrons. The lowest BCUT2D eigenvalue weighted by Gasteiger charge is -2.25. The zero-order valence-corrected chi connectivity index (χ0v) is 13.2. The average molecular weight is 307 g/mol. The highest BCUT2D eigenvalue weighted by atomic mass is 16.5. The predicted molar refractivity (Wildman–Crippen MR) is 80.7 cm³/mol. The van der Waals surface area contributed by atoms with Gasteiger partial charge in [0.15, 0.2) is 6.04 Å². The number of hydrogen-bond acceptors (Lipinski definition) is 4. The zero-order valence-electron chi connectivity index (χ0n) is 13.2. The van der Waals surface area contributed by atoms with Crippen molar-refractivity contribution in [2.75, 3.05) is 14.2 Å². The van der Waals surface area contributed by atoms with E-state index in [1.54, 1.807) is 7.11 Å². The molecule has 1 unspecified atom stereocenters. The third-order valence-corrected chi connectivity index (χ3v) is 4.03. The van der Waals surface area contributed by atoms with Gasteiger partial charge in [-0.05, 0) is 31.2 Å². The molecule has 1 saturated carbocycles. The first-order valence-electron chi connectivity index (χ1n) is 7.42. The van der Waals surface area contributed by atoms with Gasteiger partial charge < -0.3 is 14.4 Å². The van der Waals surface area contributed by atoms with E-state index in [0.717, 1.165) is 30.7 Å². The summed E-state index contributed by atoms with van der Waals surface area (Å²) in [5.74, 6) is 0.510. The highest BCUT2D eigenvalue weighted by molar-refractivity contribution is 5.93. The van der Waals surface area contributed by atoms with Crippen molar-refractivity contribution >= 4 is 12.0 Å². The third kappa shape index (κ3) is 4.21. The normalized spacial score (nSPS) is 16.5. The Bertz CT molecular complexity index is 525. The third-order valence-electron chi connectivity index (χ3n) is 4.03. The summed E-state index contributed by atoms with van der Waals surface area (Å²) in [6, 6.07) is 8.00. The number of carbonyl (C=O) groups is 2. The average Bonchev–Trinajstić information content (AvgIpc) is 3.37. The highest BCUT2D eigenvalue weighted by Gasteiger charge is 2.39. The summed E-state index contributed by atoms with van der Waals surface area (Å²) < 4.78 is 9.63.